The summed E-state index contributed by atoms with van der Waals surface area (Å²) in [4.78, 5) is 22.1. The zero-order valence-corrected chi connectivity index (χ0v) is 12.7. The Morgan fingerprint density at radius 3 is 2.52 bits per heavy atom. The van der Waals surface area contributed by atoms with Crippen LogP contribution in [-0.2, 0) is 9.59 Å². The normalized spacial score (nSPS) is 11.7. The van der Waals surface area contributed by atoms with E-state index in [1.807, 2.05) is 0 Å². The van der Waals surface area contributed by atoms with E-state index in [0.29, 0.717) is 23.7 Å². The topological polar surface area (TPSA) is 75.6 Å². The summed E-state index contributed by atoms with van der Waals surface area (Å²) in [7, 11) is 0. The van der Waals surface area contributed by atoms with E-state index in [1.54, 1.807) is 31.2 Å². The van der Waals surface area contributed by atoms with Crippen molar-refractivity contribution in [3.05, 3.63) is 29.3 Å². The third-order valence-corrected chi connectivity index (χ3v) is 3.11. The molecule has 1 rings (SSSR count). The highest BCUT2D eigenvalue weighted by Crippen LogP contribution is 2.16. The smallest absolute Gasteiger partial charge is 0.303 e. The van der Waals surface area contributed by atoms with E-state index in [0.717, 1.165) is 12.8 Å². The number of carboxylic acid groups (broad SMARTS) is 1. The zero-order valence-electron chi connectivity index (χ0n) is 12.0. The second kappa shape index (κ2) is 9.23. The molecule has 0 aromatic heterocycles. The summed E-state index contributed by atoms with van der Waals surface area (Å²) in [6, 6.07) is 6.81. The average molecular weight is 314 g/mol. The number of aliphatic carboxylic acids is 1. The first-order valence-corrected chi connectivity index (χ1v) is 7.28. The number of unbranched alkanes of at least 4 members (excludes halogenated alkanes) is 2. The van der Waals surface area contributed by atoms with Crippen molar-refractivity contribution in [2.75, 3.05) is 6.54 Å². The monoisotopic (exact) mass is 313 g/mol. The van der Waals surface area contributed by atoms with Gasteiger partial charge in [0.2, 0.25) is 0 Å². The van der Waals surface area contributed by atoms with Crippen LogP contribution in [0, 0.1) is 0 Å². The number of carboxylic acids is 1. The average Bonchev–Trinajstić information content (AvgIpc) is 2.44. The summed E-state index contributed by atoms with van der Waals surface area (Å²) < 4.78 is 5.49. The third-order valence-electron chi connectivity index (χ3n) is 2.86. The van der Waals surface area contributed by atoms with E-state index < -0.39 is 12.1 Å². The Hall–Kier alpha value is -1.75. The molecule has 1 aromatic rings. The standard InChI is InChI=1S/C15H20ClNO4/c1-11(21-13-8-6-12(16)7-9-13)15(20)17-10-4-2-3-5-14(18)19/h6-9,11H,2-5,10H2,1H3,(H,17,20)(H,18,19). The number of amides is 1. The van der Waals surface area contributed by atoms with Gasteiger partial charge in [-0.3, -0.25) is 9.59 Å². The Morgan fingerprint density at radius 1 is 1.24 bits per heavy atom. The molecular formula is C15H20ClNO4. The predicted molar refractivity (Wildman–Crippen MR) is 80.7 cm³/mol. The van der Waals surface area contributed by atoms with Crippen LogP contribution in [0.1, 0.15) is 32.6 Å². The van der Waals surface area contributed by atoms with Crippen LogP contribution in [0.4, 0.5) is 0 Å². The minimum absolute atomic E-state index is 0.171. The summed E-state index contributed by atoms with van der Waals surface area (Å²) in [6.07, 6.45) is 1.74. The van der Waals surface area contributed by atoms with E-state index in [4.69, 9.17) is 21.4 Å². The summed E-state index contributed by atoms with van der Waals surface area (Å²) in [5.74, 6) is -0.393. The zero-order chi connectivity index (χ0) is 15.7. The molecule has 0 heterocycles. The Bertz CT molecular complexity index is 461. The third kappa shape index (κ3) is 7.56. The molecule has 0 radical (unpaired) electrons. The van der Waals surface area contributed by atoms with Crippen LogP contribution in [-0.4, -0.2) is 29.6 Å². The van der Waals surface area contributed by atoms with E-state index in [2.05, 4.69) is 5.32 Å². The second-order valence-electron chi connectivity index (χ2n) is 4.71. The number of rotatable bonds is 9. The van der Waals surface area contributed by atoms with Gasteiger partial charge in [0.25, 0.3) is 5.91 Å². The number of ether oxygens (including phenoxy) is 1. The van der Waals surface area contributed by atoms with Crippen molar-refractivity contribution in [3.63, 3.8) is 0 Å². The van der Waals surface area contributed by atoms with Crippen molar-refractivity contribution in [3.8, 4) is 5.75 Å². The fourth-order valence-electron chi connectivity index (χ4n) is 1.70. The van der Waals surface area contributed by atoms with Gasteiger partial charge < -0.3 is 15.2 Å². The van der Waals surface area contributed by atoms with Crippen LogP contribution >= 0.6 is 11.6 Å². The molecule has 116 valence electrons. The van der Waals surface area contributed by atoms with Crippen molar-refractivity contribution < 1.29 is 19.4 Å². The fourth-order valence-corrected chi connectivity index (χ4v) is 1.83. The molecule has 1 unspecified atom stereocenters. The number of carbonyl (C=O) groups excluding carboxylic acids is 1. The van der Waals surface area contributed by atoms with E-state index in [1.165, 1.54) is 0 Å². The highest BCUT2D eigenvalue weighted by Gasteiger charge is 2.13. The Balaban J connectivity index is 2.19. The van der Waals surface area contributed by atoms with Gasteiger partial charge in [-0.25, -0.2) is 0 Å². The van der Waals surface area contributed by atoms with Gasteiger partial charge in [-0.15, -0.1) is 0 Å². The molecule has 0 aliphatic rings. The maximum atomic E-state index is 11.8. The van der Waals surface area contributed by atoms with E-state index in [9.17, 15) is 9.59 Å². The number of benzene rings is 1. The van der Waals surface area contributed by atoms with Crippen molar-refractivity contribution in [1.82, 2.24) is 5.32 Å². The molecule has 2 N–H and O–H groups in total. The van der Waals surface area contributed by atoms with Gasteiger partial charge in [0.1, 0.15) is 5.75 Å². The molecule has 0 saturated carbocycles. The molecule has 0 fully saturated rings. The Labute approximate surface area is 129 Å². The summed E-state index contributed by atoms with van der Waals surface area (Å²) >= 11 is 5.77. The molecule has 0 spiro atoms. The van der Waals surface area contributed by atoms with Crippen molar-refractivity contribution in [1.29, 1.82) is 0 Å². The van der Waals surface area contributed by atoms with Gasteiger partial charge >= 0.3 is 5.97 Å². The molecule has 5 nitrogen and oxygen atoms in total. The fraction of sp³-hybridized carbons (Fsp3) is 0.467. The van der Waals surface area contributed by atoms with Crippen LogP contribution in [0.3, 0.4) is 0 Å². The van der Waals surface area contributed by atoms with E-state index in [-0.39, 0.29) is 12.3 Å². The quantitative estimate of drug-likeness (QED) is 0.687. The van der Waals surface area contributed by atoms with Gasteiger partial charge in [-0.05, 0) is 44.0 Å². The first-order chi connectivity index (χ1) is 9.99. The maximum absolute atomic E-state index is 11.8. The van der Waals surface area contributed by atoms with Gasteiger partial charge in [0.05, 0.1) is 0 Å². The van der Waals surface area contributed by atoms with Gasteiger partial charge in [0.15, 0.2) is 6.10 Å². The molecule has 1 amide bonds. The summed E-state index contributed by atoms with van der Waals surface area (Å²) in [6.45, 7) is 2.20. The SMILES string of the molecule is CC(Oc1ccc(Cl)cc1)C(=O)NCCCCCC(=O)O. The van der Waals surface area contributed by atoms with Crippen LogP contribution < -0.4 is 10.1 Å². The van der Waals surface area contributed by atoms with Crippen molar-refractivity contribution in [2.45, 2.75) is 38.7 Å². The van der Waals surface area contributed by atoms with Crippen LogP contribution in [0.25, 0.3) is 0 Å². The van der Waals surface area contributed by atoms with Crippen molar-refractivity contribution >= 4 is 23.5 Å². The molecule has 0 aliphatic carbocycles. The number of nitrogens with one attached hydrogen (secondary N) is 1. The number of hydrogen-bond donors (Lipinski definition) is 2. The lowest BCUT2D eigenvalue weighted by Crippen LogP contribution is -2.36. The summed E-state index contributed by atoms with van der Waals surface area (Å²) in [5, 5.41) is 11.9. The maximum Gasteiger partial charge on any atom is 0.303 e. The summed E-state index contributed by atoms with van der Waals surface area (Å²) in [5.41, 5.74) is 0. The minimum Gasteiger partial charge on any atom is -0.481 e. The van der Waals surface area contributed by atoms with E-state index >= 15 is 0 Å². The predicted octanol–water partition coefficient (Wildman–Crippen LogP) is 2.87. The molecule has 1 atom stereocenters. The Morgan fingerprint density at radius 2 is 1.90 bits per heavy atom. The first kappa shape index (κ1) is 17.3. The van der Waals surface area contributed by atoms with Crippen LogP contribution in [0.2, 0.25) is 5.02 Å². The largest absolute Gasteiger partial charge is 0.481 e. The molecular weight excluding hydrogens is 294 g/mol. The second-order valence-corrected chi connectivity index (χ2v) is 5.15. The number of carbonyl (C=O) groups is 2. The van der Waals surface area contributed by atoms with Gasteiger partial charge in [-0.2, -0.15) is 0 Å². The Kier molecular flexibility index (Phi) is 7.61. The number of halogens is 1. The highest BCUT2D eigenvalue weighted by atomic mass is 35.5. The lowest BCUT2D eigenvalue weighted by molar-refractivity contribution is -0.137. The molecule has 0 aliphatic heterocycles. The highest BCUT2D eigenvalue weighted by molar-refractivity contribution is 6.30. The van der Waals surface area contributed by atoms with Crippen LogP contribution in [0.15, 0.2) is 24.3 Å². The minimum atomic E-state index is -0.788. The molecule has 6 heteroatoms. The number of hydrogen-bond acceptors (Lipinski definition) is 3. The first-order valence-electron chi connectivity index (χ1n) is 6.91. The van der Waals surface area contributed by atoms with Crippen LogP contribution in [0.5, 0.6) is 5.75 Å². The van der Waals surface area contributed by atoms with Crippen molar-refractivity contribution in [2.24, 2.45) is 0 Å². The molecule has 0 saturated heterocycles. The van der Waals surface area contributed by atoms with Gasteiger partial charge in [-0.1, -0.05) is 18.0 Å². The lowest BCUT2D eigenvalue weighted by atomic mass is 10.2. The molecule has 21 heavy (non-hydrogen) atoms. The molecule has 0 bridgehead atoms. The molecule has 1 aromatic carbocycles. The van der Waals surface area contributed by atoms with Gasteiger partial charge in [0, 0.05) is 18.0 Å². The lowest BCUT2D eigenvalue weighted by Gasteiger charge is -2.14.